The van der Waals surface area contributed by atoms with E-state index in [-0.39, 0.29) is 11.2 Å². The maximum atomic E-state index is 12.3. The first kappa shape index (κ1) is 19.0. The van der Waals surface area contributed by atoms with Gasteiger partial charge in [0.2, 0.25) is 11.0 Å². The summed E-state index contributed by atoms with van der Waals surface area (Å²) in [6.07, 6.45) is 9.86. The molecule has 1 amide bonds. The van der Waals surface area contributed by atoms with Gasteiger partial charge in [-0.1, -0.05) is 34.7 Å². The molecule has 0 radical (unpaired) electrons. The molecule has 0 saturated heterocycles. The number of hydrogen-bond acceptors (Lipinski definition) is 7. The Bertz CT molecular complexity index is 727. The molecule has 1 atom stereocenters. The largest absolute Gasteiger partial charge is 0.467 e. The van der Waals surface area contributed by atoms with E-state index in [9.17, 15) is 4.79 Å². The lowest BCUT2D eigenvalue weighted by Crippen LogP contribution is -2.31. The summed E-state index contributed by atoms with van der Waals surface area (Å²) < 4.78 is 6.05. The highest BCUT2D eigenvalue weighted by Crippen LogP contribution is 2.29. The van der Waals surface area contributed by atoms with Crippen LogP contribution in [0.4, 0.5) is 5.13 Å². The molecule has 140 valence electrons. The molecule has 2 heterocycles. The number of thioether (sulfide) groups is 1. The fourth-order valence-electron chi connectivity index (χ4n) is 2.73. The van der Waals surface area contributed by atoms with E-state index in [0.717, 1.165) is 21.7 Å². The second kappa shape index (κ2) is 9.78. The first-order chi connectivity index (χ1) is 12.7. The zero-order valence-corrected chi connectivity index (χ0v) is 16.5. The second-order valence-electron chi connectivity index (χ2n) is 6.22. The number of nitrogens with zero attached hydrogens (tertiary/aromatic N) is 2. The number of aromatic nitrogens is 2. The van der Waals surface area contributed by atoms with E-state index in [4.69, 9.17) is 4.42 Å². The lowest BCUT2D eigenvalue weighted by Gasteiger charge is -2.14. The van der Waals surface area contributed by atoms with Crippen molar-refractivity contribution in [2.45, 2.75) is 55.2 Å². The summed E-state index contributed by atoms with van der Waals surface area (Å²) in [5.74, 6) is 0.891. The zero-order chi connectivity index (χ0) is 18.2. The molecule has 1 aliphatic rings. The Kier molecular flexibility index (Phi) is 7.13. The van der Waals surface area contributed by atoms with Gasteiger partial charge in [0, 0.05) is 6.54 Å². The third kappa shape index (κ3) is 5.88. The quantitative estimate of drug-likeness (QED) is 0.491. The topological polar surface area (TPSA) is 80.1 Å². The Labute approximate surface area is 161 Å². The molecule has 2 aromatic heterocycles. The van der Waals surface area contributed by atoms with Gasteiger partial charge in [0.15, 0.2) is 4.34 Å². The van der Waals surface area contributed by atoms with Crippen LogP contribution in [0.25, 0.3) is 0 Å². The molecule has 0 aromatic carbocycles. The molecule has 2 N–H and O–H groups in total. The van der Waals surface area contributed by atoms with Crippen LogP contribution in [0.2, 0.25) is 0 Å². The van der Waals surface area contributed by atoms with Crippen molar-refractivity contribution in [2.75, 3.05) is 11.9 Å². The Morgan fingerprint density at radius 1 is 1.42 bits per heavy atom. The predicted octanol–water partition coefficient (Wildman–Crippen LogP) is 4.23. The molecule has 8 heteroatoms. The van der Waals surface area contributed by atoms with Crippen molar-refractivity contribution in [1.82, 2.24) is 15.5 Å². The SMILES string of the molecule is C[C@H](Sc1nnc(NCc2ccco2)s1)C(=O)NCCC1=CCCCC1. The molecular weight excluding hydrogens is 368 g/mol. The minimum atomic E-state index is -0.193. The minimum Gasteiger partial charge on any atom is -0.467 e. The molecule has 1 aliphatic carbocycles. The van der Waals surface area contributed by atoms with Crippen LogP contribution >= 0.6 is 23.1 Å². The Morgan fingerprint density at radius 2 is 2.35 bits per heavy atom. The number of nitrogens with one attached hydrogen (secondary N) is 2. The van der Waals surface area contributed by atoms with Crippen LogP contribution in [0.1, 0.15) is 44.8 Å². The normalized spacial score (nSPS) is 15.3. The monoisotopic (exact) mass is 392 g/mol. The lowest BCUT2D eigenvalue weighted by atomic mass is 9.97. The highest BCUT2D eigenvalue weighted by Gasteiger charge is 2.17. The van der Waals surface area contributed by atoms with E-state index in [1.54, 1.807) is 6.26 Å². The Balaban J connectivity index is 1.38. The van der Waals surface area contributed by atoms with Crippen molar-refractivity contribution in [3.05, 3.63) is 35.8 Å². The fraction of sp³-hybridized carbons (Fsp3) is 0.500. The summed E-state index contributed by atoms with van der Waals surface area (Å²) in [6, 6.07) is 3.75. The van der Waals surface area contributed by atoms with Crippen molar-refractivity contribution in [3.8, 4) is 0 Å². The highest BCUT2D eigenvalue weighted by atomic mass is 32.2. The average molecular weight is 393 g/mol. The van der Waals surface area contributed by atoms with Crippen molar-refractivity contribution in [3.63, 3.8) is 0 Å². The molecule has 0 bridgehead atoms. The standard InChI is InChI=1S/C18H24N4O2S2/c1-13(16(23)19-10-9-14-6-3-2-4-7-14)25-18-22-21-17(26-18)20-12-15-8-5-11-24-15/h5-6,8,11,13H,2-4,7,9-10,12H2,1H3,(H,19,23)(H,20,21)/t13-/m0/s1. The minimum absolute atomic E-state index is 0.0479. The molecule has 2 aromatic rings. The third-order valence-corrected chi connectivity index (χ3v) is 6.24. The van der Waals surface area contributed by atoms with Gasteiger partial charge >= 0.3 is 0 Å². The number of anilines is 1. The Hall–Kier alpha value is -1.80. The number of amides is 1. The maximum Gasteiger partial charge on any atom is 0.233 e. The van der Waals surface area contributed by atoms with Crippen molar-refractivity contribution in [1.29, 1.82) is 0 Å². The Morgan fingerprint density at radius 3 is 3.12 bits per heavy atom. The summed E-state index contributed by atoms with van der Waals surface area (Å²) in [6.45, 7) is 3.18. The fourth-order valence-corrected chi connectivity index (χ4v) is 4.65. The van der Waals surface area contributed by atoms with E-state index >= 15 is 0 Å². The van der Waals surface area contributed by atoms with E-state index in [1.807, 2.05) is 19.1 Å². The van der Waals surface area contributed by atoms with Gasteiger partial charge < -0.3 is 15.1 Å². The van der Waals surface area contributed by atoms with E-state index < -0.39 is 0 Å². The molecule has 0 unspecified atom stereocenters. The predicted molar refractivity (Wildman–Crippen MR) is 105 cm³/mol. The van der Waals surface area contributed by atoms with Crippen LogP contribution in [-0.4, -0.2) is 27.9 Å². The number of carbonyl (C=O) groups is 1. The summed E-state index contributed by atoms with van der Waals surface area (Å²) in [5, 5.41) is 15.0. The molecule has 0 spiro atoms. The van der Waals surface area contributed by atoms with Crippen LogP contribution in [0.3, 0.4) is 0 Å². The summed E-state index contributed by atoms with van der Waals surface area (Å²) in [7, 11) is 0. The van der Waals surface area contributed by atoms with E-state index in [2.05, 4.69) is 26.9 Å². The van der Waals surface area contributed by atoms with Crippen LogP contribution in [0, 0.1) is 0 Å². The van der Waals surface area contributed by atoms with Crippen molar-refractivity contribution >= 4 is 34.1 Å². The van der Waals surface area contributed by atoms with Gasteiger partial charge in [-0.15, -0.1) is 10.2 Å². The molecule has 6 nitrogen and oxygen atoms in total. The van der Waals surface area contributed by atoms with Gasteiger partial charge in [-0.3, -0.25) is 4.79 Å². The zero-order valence-electron chi connectivity index (χ0n) is 14.9. The van der Waals surface area contributed by atoms with Crippen LogP contribution < -0.4 is 10.6 Å². The van der Waals surface area contributed by atoms with Gasteiger partial charge in [0.05, 0.1) is 18.1 Å². The van der Waals surface area contributed by atoms with Crippen molar-refractivity contribution in [2.24, 2.45) is 0 Å². The lowest BCUT2D eigenvalue weighted by molar-refractivity contribution is -0.120. The summed E-state index contributed by atoms with van der Waals surface area (Å²) >= 11 is 2.88. The molecule has 0 aliphatic heterocycles. The van der Waals surface area contributed by atoms with Crippen LogP contribution in [0.15, 0.2) is 38.8 Å². The highest BCUT2D eigenvalue weighted by molar-refractivity contribution is 8.02. The van der Waals surface area contributed by atoms with Crippen LogP contribution in [-0.2, 0) is 11.3 Å². The van der Waals surface area contributed by atoms with Gasteiger partial charge in [0.25, 0.3) is 0 Å². The van der Waals surface area contributed by atoms with Gasteiger partial charge in [-0.05, 0) is 51.2 Å². The average Bonchev–Trinajstić information content (AvgIpc) is 3.32. The number of carbonyl (C=O) groups excluding carboxylic acids is 1. The van der Waals surface area contributed by atoms with Gasteiger partial charge in [-0.25, -0.2) is 0 Å². The summed E-state index contributed by atoms with van der Waals surface area (Å²) in [4.78, 5) is 12.3. The number of allylic oxidation sites excluding steroid dienone is 1. The molecule has 0 saturated carbocycles. The van der Waals surface area contributed by atoms with Crippen molar-refractivity contribution < 1.29 is 9.21 Å². The number of furan rings is 1. The molecule has 3 rings (SSSR count). The molecule has 0 fully saturated rings. The number of rotatable bonds is 9. The third-order valence-electron chi connectivity index (χ3n) is 4.18. The van der Waals surface area contributed by atoms with Crippen LogP contribution in [0.5, 0.6) is 0 Å². The smallest absolute Gasteiger partial charge is 0.233 e. The maximum absolute atomic E-state index is 12.3. The number of hydrogen-bond donors (Lipinski definition) is 2. The van der Waals surface area contributed by atoms with E-state index in [1.165, 1.54) is 54.4 Å². The first-order valence-corrected chi connectivity index (χ1v) is 10.6. The second-order valence-corrected chi connectivity index (χ2v) is 8.78. The first-order valence-electron chi connectivity index (χ1n) is 8.93. The van der Waals surface area contributed by atoms with Gasteiger partial charge in [-0.2, -0.15) is 0 Å². The summed E-state index contributed by atoms with van der Waals surface area (Å²) in [5.41, 5.74) is 1.48. The van der Waals surface area contributed by atoms with E-state index in [0.29, 0.717) is 13.1 Å². The molecule has 26 heavy (non-hydrogen) atoms. The van der Waals surface area contributed by atoms with Gasteiger partial charge in [0.1, 0.15) is 5.76 Å². The molecular formula is C18H24N4O2S2.